The number of aliphatic hydroxyl groups excluding tert-OH is 1. The SMILES string of the molecule is CC(C)Oc1ccc(C=C(CO)C(C)C)cc1. The van der Waals surface area contributed by atoms with Gasteiger partial charge in [-0.2, -0.15) is 0 Å². The van der Waals surface area contributed by atoms with E-state index >= 15 is 0 Å². The third kappa shape index (κ3) is 4.61. The summed E-state index contributed by atoms with van der Waals surface area (Å²) in [6.45, 7) is 8.30. The topological polar surface area (TPSA) is 29.5 Å². The Hall–Kier alpha value is -1.28. The van der Waals surface area contributed by atoms with Crippen molar-refractivity contribution in [2.75, 3.05) is 6.61 Å². The summed E-state index contributed by atoms with van der Waals surface area (Å²) < 4.78 is 5.58. The van der Waals surface area contributed by atoms with Crippen LogP contribution >= 0.6 is 0 Å². The number of hydrogen-bond donors (Lipinski definition) is 1. The maximum absolute atomic E-state index is 9.24. The quantitative estimate of drug-likeness (QED) is 0.845. The molecule has 1 rings (SSSR count). The average molecular weight is 234 g/mol. The van der Waals surface area contributed by atoms with Crippen molar-refractivity contribution in [1.29, 1.82) is 0 Å². The summed E-state index contributed by atoms with van der Waals surface area (Å²) in [5.41, 5.74) is 2.14. The molecule has 1 aromatic carbocycles. The van der Waals surface area contributed by atoms with Crippen LogP contribution in [0.15, 0.2) is 29.8 Å². The zero-order valence-electron chi connectivity index (χ0n) is 11.1. The van der Waals surface area contributed by atoms with Crippen molar-refractivity contribution in [3.8, 4) is 5.75 Å². The number of rotatable bonds is 5. The molecule has 0 radical (unpaired) electrons. The summed E-state index contributed by atoms with van der Waals surface area (Å²) in [7, 11) is 0. The fraction of sp³-hybridized carbons (Fsp3) is 0.467. The van der Waals surface area contributed by atoms with Crippen molar-refractivity contribution in [3.05, 3.63) is 35.4 Å². The largest absolute Gasteiger partial charge is 0.491 e. The van der Waals surface area contributed by atoms with Crippen LogP contribution in [-0.4, -0.2) is 17.8 Å². The molecule has 0 spiro atoms. The van der Waals surface area contributed by atoms with E-state index in [1.54, 1.807) is 0 Å². The van der Waals surface area contributed by atoms with Gasteiger partial charge in [-0.15, -0.1) is 0 Å². The van der Waals surface area contributed by atoms with Crippen molar-refractivity contribution in [2.24, 2.45) is 5.92 Å². The lowest BCUT2D eigenvalue weighted by molar-refractivity contribution is 0.242. The Bertz CT molecular complexity index is 361. The fourth-order valence-corrected chi connectivity index (χ4v) is 1.52. The first kappa shape index (κ1) is 13.8. The first-order valence-electron chi connectivity index (χ1n) is 6.11. The Kier molecular flexibility index (Phi) is 5.23. The minimum atomic E-state index is 0.113. The standard InChI is InChI=1S/C15H22O2/c1-11(2)14(10-16)9-13-5-7-15(8-6-13)17-12(3)4/h5-9,11-12,16H,10H2,1-4H3. The number of benzene rings is 1. The van der Waals surface area contributed by atoms with Gasteiger partial charge in [-0.25, -0.2) is 0 Å². The Morgan fingerprint density at radius 1 is 1.18 bits per heavy atom. The lowest BCUT2D eigenvalue weighted by Crippen LogP contribution is -2.05. The van der Waals surface area contributed by atoms with Gasteiger partial charge in [-0.3, -0.25) is 0 Å². The zero-order valence-corrected chi connectivity index (χ0v) is 11.1. The van der Waals surface area contributed by atoms with E-state index in [1.807, 2.05) is 44.2 Å². The molecule has 0 amide bonds. The molecule has 0 aliphatic carbocycles. The maximum Gasteiger partial charge on any atom is 0.119 e. The molecule has 1 N–H and O–H groups in total. The molecular formula is C15H22O2. The summed E-state index contributed by atoms with van der Waals surface area (Å²) in [6.07, 6.45) is 2.23. The molecule has 2 heteroatoms. The molecule has 0 saturated carbocycles. The first-order valence-corrected chi connectivity index (χ1v) is 6.11. The molecule has 0 saturated heterocycles. The van der Waals surface area contributed by atoms with Gasteiger partial charge in [0.15, 0.2) is 0 Å². The Morgan fingerprint density at radius 2 is 1.76 bits per heavy atom. The molecule has 17 heavy (non-hydrogen) atoms. The van der Waals surface area contributed by atoms with E-state index < -0.39 is 0 Å². The van der Waals surface area contributed by atoms with Crippen LogP contribution in [-0.2, 0) is 0 Å². The van der Waals surface area contributed by atoms with Gasteiger partial charge in [0.2, 0.25) is 0 Å². The highest BCUT2D eigenvalue weighted by Crippen LogP contribution is 2.18. The van der Waals surface area contributed by atoms with E-state index in [2.05, 4.69) is 13.8 Å². The minimum Gasteiger partial charge on any atom is -0.491 e. The van der Waals surface area contributed by atoms with Gasteiger partial charge in [0, 0.05) is 0 Å². The summed E-state index contributed by atoms with van der Waals surface area (Å²) >= 11 is 0. The first-order chi connectivity index (χ1) is 8.02. The number of aliphatic hydroxyl groups is 1. The molecule has 0 fully saturated rings. The van der Waals surface area contributed by atoms with Gasteiger partial charge < -0.3 is 9.84 Å². The molecule has 0 unspecified atom stereocenters. The van der Waals surface area contributed by atoms with E-state index in [0.29, 0.717) is 5.92 Å². The Morgan fingerprint density at radius 3 is 2.18 bits per heavy atom. The summed E-state index contributed by atoms with van der Waals surface area (Å²) in [5.74, 6) is 1.25. The van der Waals surface area contributed by atoms with E-state index in [-0.39, 0.29) is 12.7 Å². The predicted molar refractivity (Wildman–Crippen MR) is 72.1 cm³/mol. The Labute approximate surface area is 104 Å². The fourth-order valence-electron chi connectivity index (χ4n) is 1.52. The molecule has 1 aromatic rings. The minimum absolute atomic E-state index is 0.113. The lowest BCUT2D eigenvalue weighted by atomic mass is 10.0. The van der Waals surface area contributed by atoms with Gasteiger partial charge in [0.1, 0.15) is 5.75 Å². The predicted octanol–water partition coefficient (Wildman–Crippen LogP) is 3.51. The molecule has 94 valence electrons. The Balaban J connectivity index is 2.80. The highest BCUT2D eigenvalue weighted by atomic mass is 16.5. The van der Waals surface area contributed by atoms with Crippen LogP contribution in [0, 0.1) is 5.92 Å². The van der Waals surface area contributed by atoms with Crippen molar-refractivity contribution in [3.63, 3.8) is 0 Å². The van der Waals surface area contributed by atoms with Gasteiger partial charge in [0.25, 0.3) is 0 Å². The molecule has 0 heterocycles. The molecule has 2 nitrogen and oxygen atoms in total. The van der Waals surface area contributed by atoms with Crippen molar-refractivity contribution in [1.82, 2.24) is 0 Å². The monoisotopic (exact) mass is 234 g/mol. The van der Waals surface area contributed by atoms with Crippen LogP contribution in [0.2, 0.25) is 0 Å². The van der Waals surface area contributed by atoms with Gasteiger partial charge in [-0.05, 0) is 43.0 Å². The zero-order chi connectivity index (χ0) is 12.8. The molecule has 0 aliphatic rings. The summed E-state index contributed by atoms with van der Waals surface area (Å²) in [5, 5.41) is 9.24. The second-order valence-electron chi connectivity index (χ2n) is 4.77. The van der Waals surface area contributed by atoms with E-state index in [4.69, 9.17) is 4.74 Å². The van der Waals surface area contributed by atoms with Crippen LogP contribution in [0.5, 0.6) is 5.75 Å². The molecule has 0 aromatic heterocycles. The summed E-state index contributed by atoms with van der Waals surface area (Å²) in [6, 6.07) is 7.94. The van der Waals surface area contributed by atoms with Gasteiger partial charge in [-0.1, -0.05) is 32.1 Å². The highest BCUT2D eigenvalue weighted by molar-refractivity contribution is 5.54. The summed E-state index contributed by atoms with van der Waals surface area (Å²) in [4.78, 5) is 0. The van der Waals surface area contributed by atoms with Crippen LogP contribution in [0.4, 0.5) is 0 Å². The smallest absolute Gasteiger partial charge is 0.119 e. The van der Waals surface area contributed by atoms with Gasteiger partial charge >= 0.3 is 0 Å². The van der Waals surface area contributed by atoms with E-state index in [9.17, 15) is 5.11 Å². The van der Waals surface area contributed by atoms with Gasteiger partial charge in [0.05, 0.1) is 12.7 Å². The number of ether oxygens (including phenoxy) is 1. The van der Waals surface area contributed by atoms with Crippen LogP contribution in [0.25, 0.3) is 6.08 Å². The van der Waals surface area contributed by atoms with Crippen molar-refractivity contribution >= 4 is 6.08 Å². The van der Waals surface area contributed by atoms with Crippen LogP contribution < -0.4 is 4.74 Å². The maximum atomic E-state index is 9.24. The van der Waals surface area contributed by atoms with E-state index in [0.717, 1.165) is 16.9 Å². The van der Waals surface area contributed by atoms with Crippen molar-refractivity contribution in [2.45, 2.75) is 33.8 Å². The third-order valence-electron chi connectivity index (χ3n) is 2.53. The molecular weight excluding hydrogens is 212 g/mol. The molecule has 0 aliphatic heterocycles. The lowest BCUT2D eigenvalue weighted by Gasteiger charge is -2.10. The molecule has 0 atom stereocenters. The second kappa shape index (κ2) is 6.45. The van der Waals surface area contributed by atoms with Crippen LogP contribution in [0.3, 0.4) is 0 Å². The second-order valence-corrected chi connectivity index (χ2v) is 4.77. The normalized spacial score (nSPS) is 12.3. The van der Waals surface area contributed by atoms with E-state index in [1.165, 1.54) is 0 Å². The van der Waals surface area contributed by atoms with Crippen LogP contribution in [0.1, 0.15) is 33.3 Å². The average Bonchev–Trinajstić information content (AvgIpc) is 2.26. The number of hydrogen-bond acceptors (Lipinski definition) is 2. The highest BCUT2D eigenvalue weighted by Gasteiger charge is 2.02. The third-order valence-corrected chi connectivity index (χ3v) is 2.53. The van der Waals surface area contributed by atoms with Crippen molar-refractivity contribution < 1.29 is 9.84 Å². The molecule has 0 bridgehead atoms.